The van der Waals surface area contributed by atoms with Gasteiger partial charge < -0.3 is 20.1 Å². The summed E-state index contributed by atoms with van der Waals surface area (Å²) in [5.74, 6) is 2.19. The molecule has 2 N–H and O–H groups in total. The number of rotatable bonds is 6. The van der Waals surface area contributed by atoms with Crippen molar-refractivity contribution in [1.29, 1.82) is 0 Å². The first-order valence-corrected chi connectivity index (χ1v) is 9.37. The van der Waals surface area contributed by atoms with Gasteiger partial charge >= 0.3 is 0 Å². The van der Waals surface area contributed by atoms with Crippen LogP contribution in [-0.2, 0) is 7.05 Å². The predicted molar refractivity (Wildman–Crippen MR) is 108 cm³/mol. The summed E-state index contributed by atoms with van der Waals surface area (Å²) in [6.45, 7) is 4.30. The molecule has 0 atom stereocenters. The van der Waals surface area contributed by atoms with Crippen LogP contribution in [-0.4, -0.2) is 76.2 Å². The number of hydrogen-bond acceptors (Lipinski definition) is 8. The number of fused-ring (bicyclic) bond motifs is 1. The van der Waals surface area contributed by atoms with Crippen molar-refractivity contribution in [2.24, 2.45) is 7.05 Å². The van der Waals surface area contributed by atoms with E-state index in [2.05, 4.69) is 20.2 Å². The van der Waals surface area contributed by atoms with Crippen molar-refractivity contribution < 1.29 is 9.84 Å². The van der Waals surface area contributed by atoms with Gasteiger partial charge in [0.15, 0.2) is 5.65 Å². The zero-order chi connectivity index (χ0) is 19.5. The molecule has 1 aromatic carbocycles. The minimum absolute atomic E-state index is 0.187. The van der Waals surface area contributed by atoms with Crippen LogP contribution in [0.4, 0.5) is 17.5 Å². The van der Waals surface area contributed by atoms with Crippen molar-refractivity contribution >= 4 is 28.5 Å². The van der Waals surface area contributed by atoms with E-state index in [-0.39, 0.29) is 6.61 Å². The number of methoxy groups -OCH3 is 1. The Morgan fingerprint density at radius 1 is 1.18 bits per heavy atom. The third-order valence-corrected chi connectivity index (χ3v) is 4.98. The Balaban J connectivity index is 1.64. The van der Waals surface area contributed by atoms with Crippen LogP contribution in [0, 0.1) is 0 Å². The summed E-state index contributed by atoms with van der Waals surface area (Å²) in [4.78, 5) is 14.0. The summed E-state index contributed by atoms with van der Waals surface area (Å²) in [5, 5.41) is 17.7. The maximum atomic E-state index is 9.13. The second-order valence-electron chi connectivity index (χ2n) is 6.79. The summed E-state index contributed by atoms with van der Waals surface area (Å²) < 4.78 is 7.08. The van der Waals surface area contributed by atoms with Crippen molar-refractivity contribution in [3.05, 3.63) is 30.5 Å². The Morgan fingerprint density at radius 3 is 2.75 bits per heavy atom. The predicted octanol–water partition coefficient (Wildman–Crippen LogP) is 1.23. The molecule has 28 heavy (non-hydrogen) atoms. The minimum atomic E-state index is 0.187. The number of hydrogen-bond donors (Lipinski definition) is 2. The van der Waals surface area contributed by atoms with Crippen LogP contribution in [0.25, 0.3) is 11.0 Å². The van der Waals surface area contributed by atoms with Gasteiger partial charge in [-0.25, -0.2) is 0 Å². The monoisotopic (exact) mass is 383 g/mol. The number of piperazine rings is 1. The number of aliphatic hydroxyl groups is 1. The molecule has 3 aromatic rings. The quantitative estimate of drug-likeness (QED) is 0.657. The van der Waals surface area contributed by atoms with Crippen LogP contribution >= 0.6 is 0 Å². The lowest BCUT2D eigenvalue weighted by atomic mass is 10.3. The first-order chi connectivity index (χ1) is 13.7. The lowest BCUT2D eigenvalue weighted by Gasteiger charge is -2.34. The van der Waals surface area contributed by atoms with Crippen LogP contribution < -0.4 is 15.0 Å². The molecule has 2 aromatic heterocycles. The second kappa shape index (κ2) is 7.99. The number of aryl methyl sites for hydroxylation is 1. The fourth-order valence-electron chi connectivity index (χ4n) is 3.40. The van der Waals surface area contributed by atoms with Gasteiger partial charge in [0.2, 0.25) is 5.95 Å². The number of aliphatic hydroxyl groups excluding tert-OH is 1. The molecule has 1 fully saturated rings. The van der Waals surface area contributed by atoms with E-state index in [0.717, 1.165) is 54.5 Å². The lowest BCUT2D eigenvalue weighted by molar-refractivity contribution is 0.188. The Kier molecular flexibility index (Phi) is 5.27. The van der Waals surface area contributed by atoms with E-state index < -0.39 is 0 Å². The zero-order valence-electron chi connectivity index (χ0n) is 16.2. The molecule has 0 radical (unpaired) electrons. The summed E-state index contributed by atoms with van der Waals surface area (Å²) in [5.41, 5.74) is 1.68. The van der Waals surface area contributed by atoms with Gasteiger partial charge in [-0.3, -0.25) is 9.58 Å². The molecular formula is C19H25N7O2. The Morgan fingerprint density at radius 2 is 2.00 bits per heavy atom. The molecule has 4 rings (SSSR count). The van der Waals surface area contributed by atoms with Gasteiger partial charge in [-0.1, -0.05) is 6.07 Å². The maximum absolute atomic E-state index is 9.13. The first kappa shape index (κ1) is 18.5. The summed E-state index contributed by atoms with van der Waals surface area (Å²) in [6, 6.07) is 7.74. The van der Waals surface area contributed by atoms with Crippen molar-refractivity contribution in [2.45, 2.75) is 0 Å². The van der Waals surface area contributed by atoms with Gasteiger partial charge in [0.25, 0.3) is 0 Å². The second-order valence-corrected chi connectivity index (χ2v) is 6.79. The van der Waals surface area contributed by atoms with Gasteiger partial charge in [0, 0.05) is 51.5 Å². The number of aromatic nitrogens is 4. The van der Waals surface area contributed by atoms with E-state index in [1.165, 1.54) is 0 Å². The Bertz CT molecular complexity index is 951. The molecule has 0 spiro atoms. The number of anilines is 3. The van der Waals surface area contributed by atoms with Crippen LogP contribution in [0.1, 0.15) is 0 Å². The van der Waals surface area contributed by atoms with Crippen molar-refractivity contribution in [2.75, 3.05) is 56.7 Å². The molecule has 1 aliphatic rings. The number of nitrogens with one attached hydrogen (secondary N) is 1. The molecule has 0 aliphatic carbocycles. The van der Waals surface area contributed by atoms with E-state index in [4.69, 9.17) is 19.8 Å². The maximum Gasteiger partial charge on any atom is 0.229 e. The highest BCUT2D eigenvalue weighted by Crippen LogP contribution is 2.27. The molecule has 0 amide bonds. The number of benzene rings is 1. The lowest BCUT2D eigenvalue weighted by Crippen LogP contribution is -2.47. The first-order valence-electron chi connectivity index (χ1n) is 9.37. The Hall–Kier alpha value is -2.91. The van der Waals surface area contributed by atoms with E-state index in [1.54, 1.807) is 18.0 Å². The fraction of sp³-hybridized carbons (Fsp3) is 0.421. The summed E-state index contributed by atoms with van der Waals surface area (Å²) in [7, 11) is 3.53. The Labute approximate surface area is 163 Å². The minimum Gasteiger partial charge on any atom is -0.497 e. The molecule has 0 saturated carbocycles. The van der Waals surface area contributed by atoms with E-state index in [0.29, 0.717) is 12.5 Å². The highest BCUT2D eigenvalue weighted by molar-refractivity contribution is 5.89. The molecule has 0 unspecified atom stereocenters. The molecule has 3 heterocycles. The van der Waals surface area contributed by atoms with Crippen molar-refractivity contribution in [3.8, 4) is 5.75 Å². The third kappa shape index (κ3) is 3.71. The number of ether oxygens (including phenoxy) is 1. The molecule has 1 aliphatic heterocycles. The molecule has 148 valence electrons. The average molecular weight is 383 g/mol. The van der Waals surface area contributed by atoms with Crippen molar-refractivity contribution in [1.82, 2.24) is 24.6 Å². The third-order valence-electron chi connectivity index (χ3n) is 4.98. The van der Waals surface area contributed by atoms with Gasteiger partial charge in [0.05, 0.1) is 25.3 Å². The number of β-amino-alcohol motifs (C(OH)–C–C–N with tert-alkyl or cyclic N) is 1. The molecule has 9 heteroatoms. The molecule has 9 nitrogen and oxygen atoms in total. The van der Waals surface area contributed by atoms with Gasteiger partial charge in [-0.2, -0.15) is 15.1 Å². The van der Waals surface area contributed by atoms with Crippen LogP contribution in [0.3, 0.4) is 0 Å². The smallest absolute Gasteiger partial charge is 0.229 e. The molecule has 1 saturated heterocycles. The molecular weight excluding hydrogens is 358 g/mol. The largest absolute Gasteiger partial charge is 0.497 e. The topological polar surface area (TPSA) is 91.6 Å². The van der Waals surface area contributed by atoms with Gasteiger partial charge in [0.1, 0.15) is 11.6 Å². The van der Waals surface area contributed by atoms with Crippen LogP contribution in [0.15, 0.2) is 30.5 Å². The highest BCUT2D eigenvalue weighted by Gasteiger charge is 2.21. The van der Waals surface area contributed by atoms with E-state index in [1.807, 2.05) is 31.3 Å². The number of nitrogens with zero attached hydrogens (tertiary/aromatic N) is 6. The summed E-state index contributed by atoms with van der Waals surface area (Å²) >= 11 is 0. The van der Waals surface area contributed by atoms with E-state index >= 15 is 0 Å². The normalized spacial score (nSPS) is 15.2. The SMILES string of the molecule is COc1cccc(Nc2nc(N3CCN(CCO)CC3)nc3c2cnn3C)c1. The van der Waals surface area contributed by atoms with Crippen LogP contribution in [0.2, 0.25) is 0 Å². The van der Waals surface area contributed by atoms with E-state index in [9.17, 15) is 0 Å². The van der Waals surface area contributed by atoms with Gasteiger partial charge in [-0.05, 0) is 12.1 Å². The standard InChI is InChI=1S/C19H25N7O2/c1-24-18-16(13-20-24)17(21-14-4-3-5-15(12-14)28-2)22-19(23-18)26-8-6-25(7-9-26)10-11-27/h3-5,12-13,27H,6-11H2,1-2H3,(H,21,22,23). The highest BCUT2D eigenvalue weighted by atomic mass is 16.5. The van der Waals surface area contributed by atoms with Gasteiger partial charge in [-0.15, -0.1) is 0 Å². The zero-order valence-corrected chi connectivity index (χ0v) is 16.2. The van der Waals surface area contributed by atoms with Crippen molar-refractivity contribution in [3.63, 3.8) is 0 Å². The average Bonchev–Trinajstić information content (AvgIpc) is 3.10. The molecule has 0 bridgehead atoms. The summed E-state index contributed by atoms with van der Waals surface area (Å²) in [6.07, 6.45) is 1.78. The van der Waals surface area contributed by atoms with Crippen LogP contribution in [0.5, 0.6) is 5.75 Å². The fourth-order valence-corrected chi connectivity index (χ4v) is 3.40.